The first-order valence-electron chi connectivity index (χ1n) is 15.2. The van der Waals surface area contributed by atoms with Crippen LogP contribution in [0.25, 0.3) is 55.8 Å². The topological polar surface area (TPSA) is 176 Å². The summed E-state index contributed by atoms with van der Waals surface area (Å²) < 4.78 is 96.1. The molecule has 4 N–H and O–H groups in total. The van der Waals surface area contributed by atoms with Gasteiger partial charge in [0.15, 0.2) is 15.2 Å². The van der Waals surface area contributed by atoms with Crippen molar-refractivity contribution in [3.63, 3.8) is 0 Å². The molecule has 258 valence electrons. The van der Waals surface area contributed by atoms with E-state index in [1.165, 1.54) is 79.2 Å². The van der Waals surface area contributed by atoms with E-state index >= 15 is 4.39 Å². The summed E-state index contributed by atoms with van der Waals surface area (Å²) in [7, 11) is -6.26. The number of carbonyl (C=O) groups excluding carboxylic acids is 1. The Labute approximate surface area is 284 Å². The molecule has 0 fully saturated rings. The number of benzene rings is 3. The van der Waals surface area contributed by atoms with E-state index in [-0.39, 0.29) is 56.4 Å². The lowest BCUT2D eigenvalue weighted by Gasteiger charge is -2.32. The van der Waals surface area contributed by atoms with Crippen molar-refractivity contribution in [2.75, 3.05) is 23.8 Å². The van der Waals surface area contributed by atoms with E-state index in [0.717, 1.165) is 6.26 Å². The summed E-state index contributed by atoms with van der Waals surface area (Å²) in [6.45, 7) is 1.47. The van der Waals surface area contributed by atoms with E-state index in [0.29, 0.717) is 22.2 Å². The smallest absolute Gasteiger partial charge is 0.255 e. The number of nitrogens with zero attached hydrogens (tertiary/aromatic N) is 2. The maximum Gasteiger partial charge on any atom is 0.255 e. The van der Waals surface area contributed by atoms with Crippen LogP contribution in [0, 0.1) is 11.6 Å². The van der Waals surface area contributed by atoms with Gasteiger partial charge in [-0.3, -0.25) is 9.52 Å². The minimum absolute atomic E-state index is 0.0787. The van der Waals surface area contributed by atoms with Crippen molar-refractivity contribution in [2.45, 2.75) is 18.5 Å². The summed E-state index contributed by atoms with van der Waals surface area (Å²) in [5, 5.41) is 1.56. The number of sulfonamides is 1. The number of fused-ring (bicyclic) bond motifs is 6. The Morgan fingerprint density at radius 2 is 1.76 bits per heavy atom. The molecule has 0 saturated carbocycles. The summed E-state index contributed by atoms with van der Waals surface area (Å²) in [4.78, 5) is 18.1. The quantitative estimate of drug-likeness (QED) is 0.186. The number of hydrogen-bond acceptors (Lipinski definition) is 9. The van der Waals surface area contributed by atoms with Crippen molar-refractivity contribution >= 4 is 53.3 Å². The van der Waals surface area contributed by atoms with Gasteiger partial charge in [0.2, 0.25) is 16.3 Å². The fourth-order valence-electron chi connectivity index (χ4n) is 5.99. The van der Waals surface area contributed by atoms with E-state index < -0.39 is 49.0 Å². The van der Waals surface area contributed by atoms with Gasteiger partial charge in [-0.2, -0.15) is 0 Å². The Balaban J connectivity index is 1.48. The predicted octanol–water partition coefficient (Wildman–Crippen LogP) is 5.40. The van der Waals surface area contributed by atoms with Crippen LogP contribution < -0.4 is 20.5 Å². The van der Waals surface area contributed by atoms with Crippen LogP contribution in [0.2, 0.25) is 0 Å². The van der Waals surface area contributed by atoms with Crippen molar-refractivity contribution in [3.8, 4) is 39.7 Å². The fourth-order valence-corrected chi connectivity index (χ4v) is 7.24. The van der Waals surface area contributed by atoms with E-state index in [1.807, 2.05) is 0 Å². The molecule has 1 aliphatic heterocycles. The Bertz CT molecular complexity index is 2580. The minimum atomic E-state index is -3.85. The lowest BCUT2D eigenvalue weighted by molar-refractivity contribution is 0.0964. The number of nitrogens with one attached hydrogen (secondary N) is 2. The van der Waals surface area contributed by atoms with Gasteiger partial charge in [-0.05, 0) is 67.6 Å². The number of halogens is 2. The van der Waals surface area contributed by atoms with Crippen LogP contribution in [0.5, 0.6) is 5.75 Å². The van der Waals surface area contributed by atoms with E-state index in [9.17, 15) is 26.0 Å². The zero-order chi connectivity index (χ0) is 35.7. The normalized spacial score (nSPS) is 15.0. The third-order valence-corrected chi connectivity index (χ3v) is 11.0. The zero-order valence-electron chi connectivity index (χ0n) is 26.7. The summed E-state index contributed by atoms with van der Waals surface area (Å²) >= 11 is 0. The highest BCUT2D eigenvalue weighted by Crippen LogP contribution is 2.45. The summed E-state index contributed by atoms with van der Waals surface area (Å²) in [5.74, 6) is -1.53. The molecular formula is C34H29F2N5O7S2. The molecule has 0 aliphatic carbocycles. The van der Waals surface area contributed by atoms with Crippen LogP contribution in [0.3, 0.4) is 0 Å². The second-order valence-electron chi connectivity index (χ2n) is 11.7. The van der Waals surface area contributed by atoms with Crippen LogP contribution in [0.4, 0.5) is 14.5 Å². The Hall–Kier alpha value is -5.32. The molecule has 4 heterocycles. The molecule has 0 bridgehead atoms. The van der Waals surface area contributed by atoms with Crippen LogP contribution in [-0.4, -0.2) is 56.7 Å². The highest BCUT2D eigenvalue weighted by atomic mass is 32.2. The number of amides is 1. The van der Waals surface area contributed by atoms with Crippen LogP contribution >= 0.6 is 0 Å². The van der Waals surface area contributed by atoms with Gasteiger partial charge in [0, 0.05) is 41.3 Å². The van der Waals surface area contributed by atoms with Crippen LogP contribution in [0.1, 0.15) is 23.5 Å². The second kappa shape index (κ2) is 11.9. The number of hydrogen-bond donors (Lipinski definition) is 3. The SMILES string of the molecule is CCS(=O)(=O)Nc1cc2oc(-c3ccc(F)cc3)c(C(=O)NC)c2cc1-c1ccc2c(n1)-c1cc3c(F)cccc3n1C(C(N)S(C)(=O)=O)O2. The van der Waals surface area contributed by atoms with Gasteiger partial charge in [0.05, 0.1) is 33.9 Å². The van der Waals surface area contributed by atoms with Gasteiger partial charge >= 0.3 is 0 Å². The summed E-state index contributed by atoms with van der Waals surface area (Å²) in [5.41, 5.74) is 8.24. The monoisotopic (exact) mass is 721 g/mol. The first kappa shape index (κ1) is 33.2. The Morgan fingerprint density at radius 3 is 2.44 bits per heavy atom. The highest BCUT2D eigenvalue weighted by molar-refractivity contribution is 7.92. The average molecular weight is 722 g/mol. The fraction of sp³-hybridized carbons (Fsp3) is 0.176. The van der Waals surface area contributed by atoms with Crippen molar-refractivity contribution in [3.05, 3.63) is 90.0 Å². The molecule has 1 amide bonds. The van der Waals surface area contributed by atoms with E-state index in [1.54, 1.807) is 12.1 Å². The average Bonchev–Trinajstić information content (AvgIpc) is 3.66. The van der Waals surface area contributed by atoms with E-state index in [2.05, 4.69) is 10.0 Å². The van der Waals surface area contributed by atoms with Crippen molar-refractivity contribution in [2.24, 2.45) is 5.73 Å². The number of carbonyl (C=O) groups is 1. The molecule has 3 aromatic carbocycles. The van der Waals surface area contributed by atoms with Crippen LogP contribution in [0.15, 0.2) is 77.2 Å². The molecule has 7 rings (SSSR count). The number of sulfone groups is 1. The van der Waals surface area contributed by atoms with Gasteiger partial charge < -0.3 is 24.8 Å². The predicted molar refractivity (Wildman–Crippen MR) is 185 cm³/mol. The first-order valence-corrected chi connectivity index (χ1v) is 18.8. The second-order valence-corrected chi connectivity index (χ2v) is 15.9. The highest BCUT2D eigenvalue weighted by Gasteiger charge is 2.38. The Morgan fingerprint density at radius 1 is 1.02 bits per heavy atom. The van der Waals surface area contributed by atoms with Gasteiger partial charge in [0.25, 0.3) is 5.91 Å². The third-order valence-electron chi connectivity index (χ3n) is 8.52. The molecule has 50 heavy (non-hydrogen) atoms. The zero-order valence-corrected chi connectivity index (χ0v) is 28.3. The third kappa shape index (κ3) is 5.54. The molecule has 0 radical (unpaired) electrons. The van der Waals surface area contributed by atoms with Crippen molar-refractivity contribution < 1.29 is 39.6 Å². The standard InChI is InChI=1S/C34H29F2N5O7S2/c1-4-50(45,46)40-24-16-28-21(29(33(42)38-2)31(47-28)17-8-10-18(35)11-9-17)14-20(24)23-12-13-27-30(39-23)26-15-19-22(36)6-5-7-25(19)41(26)34(48-27)32(37)49(3,43)44/h5-16,32,34,40H,4,37H2,1-3H3,(H,38,42). The summed E-state index contributed by atoms with van der Waals surface area (Å²) in [6.07, 6.45) is -0.294. The molecule has 0 spiro atoms. The van der Waals surface area contributed by atoms with Crippen molar-refractivity contribution in [1.29, 1.82) is 0 Å². The number of rotatable bonds is 8. The van der Waals surface area contributed by atoms with Gasteiger partial charge in [-0.15, -0.1) is 0 Å². The van der Waals surface area contributed by atoms with Crippen molar-refractivity contribution in [1.82, 2.24) is 14.9 Å². The van der Waals surface area contributed by atoms with Gasteiger partial charge in [-0.1, -0.05) is 6.07 Å². The lowest BCUT2D eigenvalue weighted by Crippen LogP contribution is -2.43. The molecule has 0 saturated heterocycles. The molecule has 6 aromatic rings. The molecule has 12 nitrogen and oxygen atoms in total. The molecule has 2 unspecified atom stereocenters. The van der Waals surface area contributed by atoms with Crippen LogP contribution in [-0.2, 0) is 19.9 Å². The number of anilines is 1. The largest absolute Gasteiger partial charge is 0.465 e. The summed E-state index contributed by atoms with van der Waals surface area (Å²) in [6, 6.07) is 17.3. The minimum Gasteiger partial charge on any atom is -0.465 e. The maximum atomic E-state index is 15.1. The number of ether oxygens (including phenoxy) is 1. The molecule has 1 aliphatic rings. The van der Waals surface area contributed by atoms with Gasteiger partial charge in [-0.25, -0.2) is 30.6 Å². The first-order chi connectivity index (χ1) is 23.7. The number of furan rings is 1. The number of nitrogens with two attached hydrogens (primary N) is 1. The maximum absolute atomic E-state index is 15.1. The molecule has 3 aromatic heterocycles. The van der Waals surface area contributed by atoms with Gasteiger partial charge in [0.1, 0.15) is 34.4 Å². The molecule has 16 heteroatoms. The number of aromatic nitrogens is 2. The molecular weight excluding hydrogens is 693 g/mol. The van der Waals surface area contributed by atoms with E-state index in [4.69, 9.17) is 19.9 Å². The molecule has 2 atom stereocenters. The Kier molecular flexibility index (Phi) is 7.92. The number of pyridine rings is 1. The lowest BCUT2D eigenvalue weighted by atomic mass is 10.0.